The van der Waals surface area contributed by atoms with Crippen molar-refractivity contribution in [2.45, 2.75) is 51.9 Å². The minimum atomic E-state index is -4.20. The van der Waals surface area contributed by atoms with Crippen molar-refractivity contribution in [3.8, 4) is 0 Å². The number of alkyl halides is 1. The van der Waals surface area contributed by atoms with Crippen LogP contribution < -0.4 is 29.6 Å². The average Bonchev–Trinajstić information content (AvgIpc) is 2.37. The summed E-state index contributed by atoms with van der Waals surface area (Å²) in [6.07, 6.45) is 4.63. The Balaban J connectivity index is 0. The maximum atomic E-state index is 11.9. The van der Waals surface area contributed by atoms with Crippen molar-refractivity contribution in [3.05, 3.63) is 0 Å². The number of carbonyl (C=O) groups is 1. The summed E-state index contributed by atoms with van der Waals surface area (Å²) in [5, 5.41) is 0. The molecule has 0 aliphatic heterocycles. The van der Waals surface area contributed by atoms with Gasteiger partial charge in [-0.1, -0.05) is 19.3 Å². The predicted molar refractivity (Wildman–Crippen MR) is 75.1 cm³/mol. The van der Waals surface area contributed by atoms with Crippen LogP contribution in [0.5, 0.6) is 0 Å². The van der Waals surface area contributed by atoms with E-state index in [0.29, 0.717) is 25.9 Å². The molecular weight excluding hydrogens is 308 g/mol. The first kappa shape index (κ1) is 23.6. The van der Waals surface area contributed by atoms with E-state index in [1.807, 2.05) is 6.92 Å². The molecule has 0 aliphatic rings. The van der Waals surface area contributed by atoms with Crippen LogP contribution in [0, 0.1) is 0 Å². The second kappa shape index (κ2) is 13.9. The fourth-order valence-corrected chi connectivity index (χ4v) is 2.43. The second-order valence-electron chi connectivity index (χ2n) is 4.80. The summed E-state index contributed by atoms with van der Waals surface area (Å²) in [7, 11) is -4.20. The van der Waals surface area contributed by atoms with Crippen LogP contribution in [0.15, 0.2) is 0 Å². The van der Waals surface area contributed by atoms with E-state index in [4.69, 9.17) is 0 Å². The second-order valence-corrected chi connectivity index (χ2v) is 6.32. The minimum Gasteiger partial charge on any atom is -0.748 e. The van der Waals surface area contributed by atoms with Crippen molar-refractivity contribution in [1.82, 2.24) is 4.90 Å². The Hall–Kier alpha value is 0.310. The summed E-state index contributed by atoms with van der Waals surface area (Å²) in [4.78, 5) is 13.4. The molecule has 21 heavy (non-hydrogen) atoms. The molecule has 0 fully saturated rings. The normalized spacial score (nSPS) is 11.0. The first-order valence-corrected chi connectivity index (χ1v) is 8.75. The van der Waals surface area contributed by atoms with Crippen LogP contribution in [-0.4, -0.2) is 49.3 Å². The van der Waals surface area contributed by atoms with Gasteiger partial charge in [-0.05, 0) is 26.2 Å². The molecule has 0 aromatic heterocycles. The van der Waals surface area contributed by atoms with Crippen LogP contribution in [0.1, 0.15) is 51.9 Å². The van der Waals surface area contributed by atoms with Crippen molar-refractivity contribution >= 4 is 16.0 Å². The van der Waals surface area contributed by atoms with Gasteiger partial charge in [-0.25, -0.2) is 8.42 Å². The first-order chi connectivity index (χ1) is 9.40. The molecule has 0 N–H and O–H groups in total. The molecule has 0 unspecified atom stereocenters. The van der Waals surface area contributed by atoms with Crippen molar-refractivity contribution in [2.24, 2.45) is 0 Å². The summed E-state index contributed by atoms with van der Waals surface area (Å²) in [6, 6.07) is 0. The molecule has 1 amide bonds. The minimum absolute atomic E-state index is 0. The monoisotopic (exact) mass is 333 g/mol. The summed E-state index contributed by atoms with van der Waals surface area (Å²) < 4.78 is 43.3. The maximum absolute atomic E-state index is 11.9. The van der Waals surface area contributed by atoms with Crippen LogP contribution in [0.3, 0.4) is 0 Å². The van der Waals surface area contributed by atoms with E-state index >= 15 is 0 Å². The largest absolute Gasteiger partial charge is 1.00 e. The number of hydrogen-bond acceptors (Lipinski definition) is 4. The number of carbonyl (C=O) groups excluding carboxylic acids is 1. The van der Waals surface area contributed by atoms with E-state index in [1.165, 1.54) is 0 Å². The molecule has 0 rings (SSSR count). The molecular formula is C13H25FNNaO4S. The first-order valence-electron chi connectivity index (χ1n) is 7.18. The summed E-state index contributed by atoms with van der Waals surface area (Å²) in [5.41, 5.74) is 0. The zero-order valence-electron chi connectivity index (χ0n) is 13.1. The van der Waals surface area contributed by atoms with Gasteiger partial charge in [0.15, 0.2) is 0 Å². The van der Waals surface area contributed by atoms with Gasteiger partial charge in [0.2, 0.25) is 5.91 Å². The number of rotatable bonds is 12. The van der Waals surface area contributed by atoms with Crippen LogP contribution in [-0.2, 0) is 14.9 Å². The molecule has 0 heterocycles. The van der Waals surface area contributed by atoms with Crippen LogP contribution in [0.4, 0.5) is 4.39 Å². The summed E-state index contributed by atoms with van der Waals surface area (Å²) in [6.45, 7) is 2.36. The molecule has 5 nitrogen and oxygen atoms in total. The van der Waals surface area contributed by atoms with Crippen LogP contribution in [0.25, 0.3) is 0 Å². The molecule has 0 saturated carbocycles. The Kier molecular flexibility index (Phi) is 15.6. The third kappa shape index (κ3) is 15.0. The Morgan fingerprint density at radius 2 is 1.67 bits per heavy atom. The van der Waals surface area contributed by atoms with E-state index in [1.54, 1.807) is 4.90 Å². The molecule has 0 atom stereocenters. The van der Waals surface area contributed by atoms with E-state index in [2.05, 4.69) is 0 Å². The zero-order chi connectivity index (χ0) is 15.4. The molecule has 120 valence electrons. The summed E-state index contributed by atoms with van der Waals surface area (Å²) >= 11 is 0. The molecule has 8 heteroatoms. The topological polar surface area (TPSA) is 77.5 Å². The van der Waals surface area contributed by atoms with Crippen molar-refractivity contribution in [1.29, 1.82) is 0 Å². The Morgan fingerprint density at radius 3 is 2.19 bits per heavy atom. The number of unbranched alkanes of at least 4 members (excludes halogenated alkanes) is 4. The van der Waals surface area contributed by atoms with E-state index in [0.717, 1.165) is 25.7 Å². The fourth-order valence-electron chi connectivity index (χ4n) is 1.95. The predicted octanol–water partition coefficient (Wildman–Crippen LogP) is -0.916. The molecule has 0 radical (unpaired) electrons. The molecule has 0 aromatic carbocycles. The van der Waals surface area contributed by atoms with Gasteiger partial charge in [0.1, 0.15) is 0 Å². The third-order valence-corrected chi connectivity index (χ3v) is 3.87. The average molecular weight is 333 g/mol. The molecule has 0 saturated heterocycles. The van der Waals surface area contributed by atoms with Gasteiger partial charge in [0.25, 0.3) is 0 Å². The van der Waals surface area contributed by atoms with E-state index < -0.39 is 15.9 Å². The zero-order valence-corrected chi connectivity index (χ0v) is 16.0. The number of hydrogen-bond donors (Lipinski definition) is 0. The summed E-state index contributed by atoms with van der Waals surface area (Å²) in [5.74, 6) is -0.443. The Morgan fingerprint density at radius 1 is 1.10 bits per heavy atom. The van der Waals surface area contributed by atoms with Gasteiger partial charge in [0.05, 0.1) is 16.8 Å². The van der Waals surface area contributed by atoms with E-state index in [9.17, 15) is 22.2 Å². The molecule has 0 spiro atoms. The van der Waals surface area contributed by atoms with Gasteiger partial charge in [-0.15, -0.1) is 0 Å². The van der Waals surface area contributed by atoms with Gasteiger partial charge in [-0.3, -0.25) is 9.18 Å². The third-order valence-electron chi connectivity index (χ3n) is 3.08. The molecule has 0 bridgehead atoms. The van der Waals surface area contributed by atoms with Gasteiger partial charge in [0, 0.05) is 25.3 Å². The van der Waals surface area contributed by atoms with Crippen molar-refractivity contribution < 1.29 is 51.7 Å². The number of halogens is 1. The van der Waals surface area contributed by atoms with Gasteiger partial charge in [-0.2, -0.15) is 0 Å². The van der Waals surface area contributed by atoms with Crippen LogP contribution >= 0.6 is 0 Å². The quantitative estimate of drug-likeness (QED) is 0.263. The fraction of sp³-hybridized carbons (Fsp3) is 0.923. The molecule has 0 aliphatic carbocycles. The maximum Gasteiger partial charge on any atom is 1.00 e. The number of nitrogens with zero attached hydrogens (tertiary/aromatic N) is 1. The Bertz CT molecular complexity index is 365. The Labute approximate surface area is 149 Å². The van der Waals surface area contributed by atoms with Crippen molar-refractivity contribution in [2.75, 3.05) is 25.5 Å². The van der Waals surface area contributed by atoms with Crippen molar-refractivity contribution in [3.63, 3.8) is 0 Å². The molecule has 0 aromatic rings. The number of amides is 1. The smallest absolute Gasteiger partial charge is 0.748 e. The van der Waals surface area contributed by atoms with E-state index in [-0.39, 0.29) is 48.6 Å². The van der Waals surface area contributed by atoms with Gasteiger partial charge >= 0.3 is 29.6 Å². The van der Waals surface area contributed by atoms with Crippen LogP contribution in [0.2, 0.25) is 0 Å². The standard InChI is InChI=1S/C13H26FNO4S.Na/c1-2-15(11-8-12-20(17,18)19)13(16)9-6-4-3-5-7-10-14;/h2-12H2,1H3,(H,17,18,19);/q;+1/p-1. The SMILES string of the molecule is CCN(CCCS(=O)(=O)[O-])C(=O)CCCCCCCF.[Na+]. The van der Waals surface area contributed by atoms with Gasteiger partial charge < -0.3 is 9.45 Å².